The second kappa shape index (κ2) is 13.5. The highest BCUT2D eigenvalue weighted by Crippen LogP contribution is 2.11. The molecule has 1 rings (SSSR count). The van der Waals surface area contributed by atoms with Crippen molar-refractivity contribution in [1.29, 1.82) is 0 Å². The molecule has 0 aliphatic heterocycles. The van der Waals surface area contributed by atoms with Crippen LogP contribution >= 0.6 is 24.0 Å². The molecule has 0 aromatic heterocycles. The average molecular weight is 492 g/mol. The fourth-order valence-electron chi connectivity index (χ4n) is 2.14. The average Bonchev–Trinajstić information content (AvgIpc) is 2.55. The highest BCUT2D eigenvalue weighted by molar-refractivity contribution is 14.0. The molecule has 0 heterocycles. The second-order valence-corrected chi connectivity index (χ2v) is 6.89. The highest BCUT2D eigenvalue weighted by atomic mass is 127. The lowest BCUT2D eigenvalue weighted by Gasteiger charge is -2.19. The summed E-state index contributed by atoms with van der Waals surface area (Å²) in [5, 5.41) is 18.3. The van der Waals surface area contributed by atoms with Gasteiger partial charge in [-0.05, 0) is 58.2 Å². The Morgan fingerprint density at radius 3 is 2.33 bits per heavy atom. The summed E-state index contributed by atoms with van der Waals surface area (Å²) in [5.41, 5.74) is 0.684. The Labute approximate surface area is 179 Å². The summed E-state index contributed by atoms with van der Waals surface area (Å²) in [6.45, 7) is 9.97. The summed E-state index contributed by atoms with van der Waals surface area (Å²) >= 11 is 0. The molecule has 0 aliphatic rings. The molecule has 0 saturated heterocycles. The van der Waals surface area contributed by atoms with Gasteiger partial charge in [0, 0.05) is 26.2 Å². The van der Waals surface area contributed by atoms with E-state index in [1.807, 2.05) is 39.8 Å². The molecule has 1 amide bonds. The lowest BCUT2D eigenvalue weighted by molar-refractivity contribution is 0.0529. The quantitative estimate of drug-likeness (QED) is 0.194. The van der Waals surface area contributed by atoms with E-state index in [0.717, 1.165) is 25.3 Å². The Balaban J connectivity index is 0.00000676. The summed E-state index contributed by atoms with van der Waals surface area (Å²) in [7, 11) is 0. The van der Waals surface area contributed by atoms with Crippen molar-refractivity contribution >= 4 is 36.0 Å². The topological polar surface area (TPSA) is 95.0 Å². The van der Waals surface area contributed by atoms with Crippen LogP contribution in [-0.2, 0) is 11.2 Å². The van der Waals surface area contributed by atoms with Gasteiger partial charge in [0.25, 0.3) is 0 Å². The number of guanidine groups is 1. The van der Waals surface area contributed by atoms with Crippen LogP contribution < -0.4 is 16.0 Å². The summed E-state index contributed by atoms with van der Waals surface area (Å²) in [4.78, 5) is 16.1. The normalized spacial score (nSPS) is 11.3. The third-order valence-electron chi connectivity index (χ3n) is 3.26. The fourth-order valence-corrected chi connectivity index (χ4v) is 2.14. The van der Waals surface area contributed by atoms with E-state index in [2.05, 4.69) is 20.9 Å². The second-order valence-electron chi connectivity index (χ2n) is 6.89. The van der Waals surface area contributed by atoms with Gasteiger partial charge in [0.2, 0.25) is 0 Å². The first kappa shape index (κ1) is 25.3. The molecule has 1 aromatic rings. The lowest BCUT2D eigenvalue weighted by atomic mass is 10.1. The number of benzene rings is 1. The number of amides is 1. The molecule has 0 radical (unpaired) electrons. The molecule has 154 valence electrons. The van der Waals surface area contributed by atoms with Gasteiger partial charge in [-0.2, -0.15) is 0 Å². The number of rotatable bonds is 8. The number of ether oxygens (including phenoxy) is 1. The van der Waals surface area contributed by atoms with E-state index < -0.39 is 11.7 Å². The van der Waals surface area contributed by atoms with Crippen LogP contribution in [0.15, 0.2) is 29.3 Å². The molecule has 4 N–H and O–H groups in total. The molecule has 0 atom stereocenters. The van der Waals surface area contributed by atoms with Crippen LogP contribution in [0, 0.1) is 0 Å². The van der Waals surface area contributed by atoms with Crippen LogP contribution in [0.3, 0.4) is 0 Å². The molecule has 0 aliphatic carbocycles. The summed E-state index contributed by atoms with van der Waals surface area (Å²) < 4.78 is 5.18. The number of hydrogen-bond acceptors (Lipinski definition) is 4. The van der Waals surface area contributed by atoms with Crippen molar-refractivity contribution in [2.24, 2.45) is 4.99 Å². The molecule has 7 nitrogen and oxygen atoms in total. The minimum Gasteiger partial charge on any atom is -0.508 e. The summed E-state index contributed by atoms with van der Waals surface area (Å²) in [5.74, 6) is 1.01. The Hall–Kier alpha value is -1.71. The molecular formula is C19H33IN4O3. The zero-order valence-electron chi connectivity index (χ0n) is 16.7. The van der Waals surface area contributed by atoms with Crippen LogP contribution in [0.4, 0.5) is 4.79 Å². The SMILES string of the molecule is CCNC(=NCCCc1ccc(O)cc1)NCCNC(=O)OC(C)(C)C.I. The van der Waals surface area contributed by atoms with Gasteiger partial charge in [-0.1, -0.05) is 12.1 Å². The smallest absolute Gasteiger partial charge is 0.407 e. The van der Waals surface area contributed by atoms with Crippen molar-refractivity contribution in [1.82, 2.24) is 16.0 Å². The number of aliphatic imine (C=N–C) groups is 1. The van der Waals surface area contributed by atoms with E-state index in [1.54, 1.807) is 12.1 Å². The van der Waals surface area contributed by atoms with E-state index in [9.17, 15) is 9.90 Å². The molecule has 0 unspecified atom stereocenters. The maximum atomic E-state index is 11.6. The number of aryl methyl sites for hydroxylation is 1. The third-order valence-corrected chi connectivity index (χ3v) is 3.26. The Kier molecular flexibility index (Phi) is 12.6. The maximum Gasteiger partial charge on any atom is 0.407 e. The largest absolute Gasteiger partial charge is 0.508 e. The number of carbonyl (C=O) groups is 1. The first-order valence-electron chi connectivity index (χ1n) is 9.07. The standard InChI is InChI=1S/C19H32N4O3.HI/c1-5-20-17(22-13-14-23-18(25)26-19(2,3)4)21-12-6-7-15-8-10-16(24)11-9-15;/h8-11,24H,5-7,12-14H2,1-4H3,(H,23,25)(H2,20,21,22);1H. The predicted octanol–water partition coefficient (Wildman–Crippen LogP) is 3.02. The Morgan fingerprint density at radius 1 is 1.11 bits per heavy atom. The van der Waals surface area contributed by atoms with Crippen molar-refractivity contribution in [2.45, 2.75) is 46.1 Å². The van der Waals surface area contributed by atoms with Crippen molar-refractivity contribution in [3.05, 3.63) is 29.8 Å². The van der Waals surface area contributed by atoms with Gasteiger partial charge >= 0.3 is 6.09 Å². The van der Waals surface area contributed by atoms with Crippen LogP contribution in [0.5, 0.6) is 5.75 Å². The van der Waals surface area contributed by atoms with Gasteiger partial charge < -0.3 is 25.8 Å². The van der Waals surface area contributed by atoms with Gasteiger partial charge in [0.05, 0.1) is 0 Å². The number of phenols is 1. The van der Waals surface area contributed by atoms with Crippen LogP contribution in [-0.4, -0.2) is 48.9 Å². The van der Waals surface area contributed by atoms with E-state index in [0.29, 0.717) is 19.6 Å². The number of nitrogens with zero attached hydrogens (tertiary/aromatic N) is 1. The molecule has 0 fully saturated rings. The molecule has 0 saturated carbocycles. The number of alkyl carbamates (subject to hydrolysis) is 1. The van der Waals surface area contributed by atoms with Crippen molar-refractivity contribution in [2.75, 3.05) is 26.2 Å². The van der Waals surface area contributed by atoms with Gasteiger partial charge in [-0.3, -0.25) is 4.99 Å². The van der Waals surface area contributed by atoms with E-state index in [-0.39, 0.29) is 29.7 Å². The number of halogens is 1. The minimum atomic E-state index is -0.495. The molecule has 8 heteroatoms. The number of nitrogens with one attached hydrogen (secondary N) is 3. The van der Waals surface area contributed by atoms with Crippen LogP contribution in [0.2, 0.25) is 0 Å². The predicted molar refractivity (Wildman–Crippen MR) is 120 cm³/mol. The first-order valence-corrected chi connectivity index (χ1v) is 9.07. The zero-order chi connectivity index (χ0) is 19.4. The van der Waals surface area contributed by atoms with Crippen molar-refractivity contribution < 1.29 is 14.6 Å². The maximum absolute atomic E-state index is 11.6. The number of carbonyl (C=O) groups excluding carboxylic acids is 1. The molecule has 27 heavy (non-hydrogen) atoms. The zero-order valence-corrected chi connectivity index (χ0v) is 19.0. The Morgan fingerprint density at radius 2 is 1.74 bits per heavy atom. The molecule has 1 aromatic carbocycles. The lowest BCUT2D eigenvalue weighted by Crippen LogP contribution is -2.42. The monoisotopic (exact) mass is 492 g/mol. The van der Waals surface area contributed by atoms with Crippen molar-refractivity contribution in [3.8, 4) is 5.75 Å². The number of aromatic hydroxyl groups is 1. The summed E-state index contributed by atoms with van der Waals surface area (Å²) in [6, 6.07) is 7.24. The van der Waals surface area contributed by atoms with Gasteiger partial charge in [0.1, 0.15) is 11.4 Å². The van der Waals surface area contributed by atoms with Gasteiger partial charge in [-0.25, -0.2) is 4.79 Å². The number of hydrogen-bond donors (Lipinski definition) is 4. The van der Waals surface area contributed by atoms with Gasteiger partial charge in [0.15, 0.2) is 5.96 Å². The van der Waals surface area contributed by atoms with Crippen LogP contribution in [0.25, 0.3) is 0 Å². The third kappa shape index (κ3) is 13.2. The first-order chi connectivity index (χ1) is 12.3. The fraction of sp³-hybridized carbons (Fsp3) is 0.579. The van der Waals surface area contributed by atoms with E-state index in [1.165, 1.54) is 5.56 Å². The van der Waals surface area contributed by atoms with Crippen LogP contribution in [0.1, 0.15) is 39.7 Å². The Bertz CT molecular complexity index is 571. The minimum absolute atomic E-state index is 0. The summed E-state index contributed by atoms with van der Waals surface area (Å²) in [6.07, 6.45) is 1.40. The number of phenolic OH excluding ortho intramolecular Hbond substituents is 1. The van der Waals surface area contributed by atoms with E-state index in [4.69, 9.17) is 4.74 Å². The highest BCUT2D eigenvalue weighted by Gasteiger charge is 2.15. The molecule has 0 spiro atoms. The molecular weight excluding hydrogens is 459 g/mol. The van der Waals surface area contributed by atoms with E-state index >= 15 is 0 Å². The van der Waals surface area contributed by atoms with Crippen molar-refractivity contribution in [3.63, 3.8) is 0 Å². The molecule has 0 bridgehead atoms. The van der Waals surface area contributed by atoms with Gasteiger partial charge in [-0.15, -0.1) is 24.0 Å².